The van der Waals surface area contributed by atoms with Crippen LogP contribution in [-0.2, 0) is 6.42 Å². The zero-order valence-corrected chi connectivity index (χ0v) is 15.3. The van der Waals surface area contributed by atoms with Gasteiger partial charge < -0.3 is 20.2 Å². The molecule has 1 aliphatic rings. The van der Waals surface area contributed by atoms with Crippen LogP contribution in [0.25, 0.3) is 10.9 Å². The molecule has 0 saturated heterocycles. The number of hydrogen-bond acceptors (Lipinski definition) is 3. The van der Waals surface area contributed by atoms with E-state index in [2.05, 4.69) is 20.3 Å². The largest absolute Gasteiger partial charge is 0.373 e. The molecule has 1 aliphatic heterocycles. The van der Waals surface area contributed by atoms with E-state index in [0.717, 1.165) is 28.6 Å². The summed E-state index contributed by atoms with van der Waals surface area (Å²) in [5.74, 6) is 0.928. The fourth-order valence-electron chi connectivity index (χ4n) is 3.50. The van der Waals surface area contributed by atoms with E-state index in [-0.39, 0.29) is 11.9 Å². The molecule has 0 aliphatic carbocycles. The molecular formula is C17H17Cl2N5O. The number of carbonyl (C=O) groups excluding carboxylic acids is 1. The van der Waals surface area contributed by atoms with Crippen LogP contribution < -0.4 is 5.32 Å². The Labute approximate surface area is 154 Å². The van der Waals surface area contributed by atoms with Crippen molar-refractivity contribution < 1.29 is 4.79 Å². The van der Waals surface area contributed by atoms with Gasteiger partial charge in [0, 0.05) is 36.7 Å². The number of H-pyrrole nitrogens is 2. The number of imidazole rings is 1. The number of fused-ring (bicyclic) bond motifs is 3. The van der Waals surface area contributed by atoms with Crippen molar-refractivity contribution >= 4 is 45.8 Å². The van der Waals surface area contributed by atoms with Crippen LogP contribution in [0, 0.1) is 0 Å². The van der Waals surface area contributed by atoms with Gasteiger partial charge in [0.1, 0.15) is 5.82 Å². The Morgan fingerprint density at radius 3 is 2.88 bits per heavy atom. The van der Waals surface area contributed by atoms with Crippen LogP contribution in [0.2, 0.25) is 10.0 Å². The quantitative estimate of drug-likeness (QED) is 0.631. The Kier molecular flexibility index (Phi) is 3.89. The van der Waals surface area contributed by atoms with Crippen molar-refractivity contribution in [2.24, 2.45) is 0 Å². The summed E-state index contributed by atoms with van der Waals surface area (Å²) in [6.07, 6.45) is 2.34. The molecule has 6 nitrogen and oxygen atoms in total. The van der Waals surface area contributed by atoms with Crippen LogP contribution in [0.4, 0.5) is 5.82 Å². The molecule has 130 valence electrons. The van der Waals surface area contributed by atoms with Gasteiger partial charge in [0.05, 0.1) is 27.8 Å². The highest BCUT2D eigenvalue weighted by molar-refractivity contribution is 6.45. The Bertz CT molecular complexity index is 977. The van der Waals surface area contributed by atoms with E-state index >= 15 is 0 Å². The Hall–Kier alpha value is -2.18. The molecule has 1 amide bonds. The number of nitrogens with one attached hydrogen (secondary N) is 3. The van der Waals surface area contributed by atoms with Gasteiger partial charge >= 0.3 is 0 Å². The van der Waals surface area contributed by atoms with E-state index in [4.69, 9.17) is 23.2 Å². The number of benzene rings is 1. The first kappa shape index (κ1) is 16.3. The van der Waals surface area contributed by atoms with Gasteiger partial charge in [0.15, 0.2) is 5.82 Å². The predicted molar refractivity (Wildman–Crippen MR) is 99.6 cm³/mol. The van der Waals surface area contributed by atoms with E-state index in [1.165, 1.54) is 0 Å². The van der Waals surface area contributed by atoms with Gasteiger partial charge in [-0.3, -0.25) is 4.79 Å². The molecular weight excluding hydrogens is 361 g/mol. The molecule has 0 unspecified atom stereocenters. The minimum atomic E-state index is -0.117. The number of halogens is 2. The van der Waals surface area contributed by atoms with Crippen LogP contribution in [0.5, 0.6) is 0 Å². The van der Waals surface area contributed by atoms with E-state index in [0.29, 0.717) is 28.2 Å². The zero-order valence-electron chi connectivity index (χ0n) is 13.8. The van der Waals surface area contributed by atoms with E-state index in [1.807, 2.05) is 17.9 Å². The second-order valence-electron chi connectivity index (χ2n) is 6.12. The summed E-state index contributed by atoms with van der Waals surface area (Å²) in [5.41, 5.74) is 3.02. The first-order valence-electron chi connectivity index (χ1n) is 8.03. The predicted octanol–water partition coefficient (Wildman–Crippen LogP) is 4.00. The van der Waals surface area contributed by atoms with Crippen molar-refractivity contribution in [3.8, 4) is 0 Å². The number of nitrogens with zero attached hydrogens (tertiary/aromatic N) is 2. The third-order valence-corrected chi connectivity index (χ3v) is 5.59. The average Bonchev–Trinajstić information content (AvgIpc) is 3.23. The van der Waals surface area contributed by atoms with Crippen LogP contribution in [0.15, 0.2) is 18.3 Å². The van der Waals surface area contributed by atoms with Gasteiger partial charge in [0.2, 0.25) is 0 Å². The molecule has 3 N–H and O–H groups in total. The molecule has 2 aromatic heterocycles. The molecule has 0 fully saturated rings. The lowest BCUT2D eigenvalue weighted by atomic mass is 9.97. The normalized spacial score (nSPS) is 17.0. The molecule has 1 aromatic carbocycles. The molecule has 25 heavy (non-hydrogen) atoms. The Morgan fingerprint density at radius 2 is 2.16 bits per heavy atom. The Morgan fingerprint density at radius 1 is 1.36 bits per heavy atom. The summed E-state index contributed by atoms with van der Waals surface area (Å²) in [5, 5.41) is 4.98. The molecule has 3 heterocycles. The van der Waals surface area contributed by atoms with E-state index in [1.54, 1.807) is 19.3 Å². The third kappa shape index (κ3) is 2.48. The molecule has 0 saturated carbocycles. The number of hydrogen-bond donors (Lipinski definition) is 3. The van der Waals surface area contributed by atoms with Gasteiger partial charge in [-0.25, -0.2) is 4.98 Å². The molecule has 0 radical (unpaired) electrons. The summed E-state index contributed by atoms with van der Waals surface area (Å²) in [7, 11) is 1.78. The maximum Gasteiger partial charge on any atom is 0.290 e. The van der Waals surface area contributed by atoms with Crippen molar-refractivity contribution in [2.45, 2.75) is 19.4 Å². The number of aromatic nitrogens is 3. The SMILES string of the molecule is CNc1cnc(C(=O)N2CCc3[nH]c4c(Cl)c(Cl)ccc4c3[C@@H]2C)[nH]1. The van der Waals surface area contributed by atoms with E-state index in [9.17, 15) is 4.79 Å². The zero-order chi connectivity index (χ0) is 17.7. The third-order valence-electron chi connectivity index (χ3n) is 4.78. The van der Waals surface area contributed by atoms with Crippen LogP contribution in [0.3, 0.4) is 0 Å². The lowest BCUT2D eigenvalue weighted by molar-refractivity contribution is 0.0667. The van der Waals surface area contributed by atoms with E-state index < -0.39 is 0 Å². The van der Waals surface area contributed by atoms with Crippen molar-refractivity contribution in [1.82, 2.24) is 19.9 Å². The second-order valence-corrected chi connectivity index (χ2v) is 6.91. The van der Waals surface area contributed by atoms with Crippen LogP contribution >= 0.6 is 23.2 Å². The summed E-state index contributed by atoms with van der Waals surface area (Å²) < 4.78 is 0. The smallest absolute Gasteiger partial charge is 0.290 e. The highest BCUT2D eigenvalue weighted by Crippen LogP contribution is 2.40. The number of carbonyl (C=O) groups is 1. The molecule has 4 rings (SSSR count). The Balaban J connectivity index is 1.74. The van der Waals surface area contributed by atoms with Gasteiger partial charge in [-0.15, -0.1) is 0 Å². The first-order valence-corrected chi connectivity index (χ1v) is 8.79. The average molecular weight is 378 g/mol. The fourth-order valence-corrected chi connectivity index (χ4v) is 3.87. The van der Waals surface area contributed by atoms with Gasteiger partial charge in [0.25, 0.3) is 5.91 Å². The molecule has 3 aromatic rings. The monoisotopic (exact) mass is 377 g/mol. The van der Waals surface area contributed by atoms with Crippen LogP contribution in [-0.4, -0.2) is 39.4 Å². The van der Waals surface area contributed by atoms with Crippen LogP contribution in [0.1, 0.15) is 34.8 Å². The standard InChI is InChI=1S/C17H17Cl2N5O/c1-8-13-9-3-4-10(18)14(19)15(9)22-11(13)5-6-24(8)17(25)16-21-7-12(20-2)23-16/h3-4,7-8,20,22H,5-6H2,1-2H3,(H,21,23)/t8-/m0/s1. The fraction of sp³-hybridized carbons (Fsp3) is 0.294. The highest BCUT2D eigenvalue weighted by atomic mass is 35.5. The first-order chi connectivity index (χ1) is 12.0. The minimum Gasteiger partial charge on any atom is -0.373 e. The summed E-state index contributed by atoms with van der Waals surface area (Å²) in [6.45, 7) is 2.63. The summed E-state index contributed by atoms with van der Waals surface area (Å²) in [4.78, 5) is 25.3. The molecule has 8 heteroatoms. The topological polar surface area (TPSA) is 76.8 Å². The van der Waals surface area contributed by atoms with Gasteiger partial charge in [-0.2, -0.15) is 0 Å². The van der Waals surface area contributed by atoms with Gasteiger partial charge in [-0.05, 0) is 13.0 Å². The molecule has 0 spiro atoms. The number of aromatic amines is 2. The van der Waals surface area contributed by atoms with Crippen molar-refractivity contribution in [1.29, 1.82) is 0 Å². The number of rotatable bonds is 2. The van der Waals surface area contributed by atoms with Crippen molar-refractivity contribution in [3.05, 3.63) is 45.5 Å². The minimum absolute atomic E-state index is 0.0922. The number of anilines is 1. The lowest BCUT2D eigenvalue weighted by Gasteiger charge is -2.33. The molecule has 0 bridgehead atoms. The summed E-state index contributed by atoms with van der Waals surface area (Å²) in [6, 6.07) is 3.65. The lowest BCUT2D eigenvalue weighted by Crippen LogP contribution is -2.39. The van der Waals surface area contributed by atoms with Crippen molar-refractivity contribution in [3.63, 3.8) is 0 Å². The highest BCUT2D eigenvalue weighted by Gasteiger charge is 2.32. The molecule has 1 atom stereocenters. The second kappa shape index (κ2) is 5.97. The number of amides is 1. The maximum atomic E-state index is 12.9. The maximum absolute atomic E-state index is 12.9. The van der Waals surface area contributed by atoms with Crippen molar-refractivity contribution in [2.75, 3.05) is 18.9 Å². The van der Waals surface area contributed by atoms with Gasteiger partial charge in [-0.1, -0.05) is 29.3 Å². The summed E-state index contributed by atoms with van der Waals surface area (Å²) >= 11 is 12.5.